The molecule has 0 unspecified atom stereocenters. The van der Waals surface area contributed by atoms with Gasteiger partial charge in [-0.2, -0.15) is 0 Å². The number of hydrogen-bond acceptors (Lipinski definition) is 2. The van der Waals surface area contributed by atoms with Crippen molar-refractivity contribution in [2.75, 3.05) is 18.3 Å². The summed E-state index contributed by atoms with van der Waals surface area (Å²) < 4.78 is -2.03. The highest BCUT2D eigenvalue weighted by atomic mass is 35.6. The number of alkyl halides is 13. The maximum Gasteiger partial charge on any atom is 0.290 e. The molecule has 0 aromatic rings. The molecule has 0 aromatic heterocycles. The molecular formula is C8H13Cl13O3. The molecule has 0 aliphatic heterocycles. The van der Waals surface area contributed by atoms with E-state index in [0.717, 1.165) is 7.11 Å². The Kier molecular flexibility index (Phi) is 64.1. The lowest BCUT2D eigenvalue weighted by Crippen LogP contribution is -2.01. The van der Waals surface area contributed by atoms with Gasteiger partial charge in [0.1, 0.15) is 9.67 Å². The van der Waals surface area contributed by atoms with Crippen LogP contribution in [-0.2, 0) is 4.79 Å². The van der Waals surface area contributed by atoms with Crippen molar-refractivity contribution in [2.24, 2.45) is 0 Å². The van der Waals surface area contributed by atoms with Crippen LogP contribution in [0, 0.1) is 0 Å². The van der Waals surface area contributed by atoms with Crippen LogP contribution in [0.3, 0.4) is 0 Å². The summed E-state index contributed by atoms with van der Waals surface area (Å²) >= 11 is 64.8. The van der Waals surface area contributed by atoms with E-state index in [1.807, 2.05) is 0 Å². The molecule has 0 aliphatic rings. The van der Waals surface area contributed by atoms with Crippen LogP contribution < -0.4 is 0 Å². The molecule has 0 aromatic carbocycles. The predicted molar refractivity (Wildman–Crippen MR) is 117 cm³/mol. The fourth-order valence-corrected chi connectivity index (χ4v) is 0. The summed E-state index contributed by atoms with van der Waals surface area (Å²) in [5.41, 5.74) is 0. The van der Waals surface area contributed by atoms with Crippen molar-refractivity contribution in [1.82, 2.24) is 0 Å². The summed E-state index contributed by atoms with van der Waals surface area (Å²) in [6.45, 7) is -0.250. The van der Waals surface area contributed by atoms with E-state index in [1.54, 1.807) is 0 Å². The van der Waals surface area contributed by atoms with Crippen LogP contribution >= 0.6 is 151 Å². The van der Waals surface area contributed by atoms with Gasteiger partial charge in [0.05, 0.1) is 11.2 Å². The first-order chi connectivity index (χ1) is 10.8. The first kappa shape index (κ1) is 41.5. The van der Waals surface area contributed by atoms with E-state index in [2.05, 4.69) is 0 Å². The van der Waals surface area contributed by atoms with Gasteiger partial charge in [-0.3, -0.25) is 4.79 Å². The van der Waals surface area contributed by atoms with E-state index in [1.165, 1.54) is 0 Å². The number of aliphatic hydroxyl groups is 1. The van der Waals surface area contributed by atoms with Crippen LogP contribution in [0.1, 0.15) is 0 Å². The van der Waals surface area contributed by atoms with Gasteiger partial charge in [-0.25, -0.2) is 0 Å². The molecule has 0 saturated heterocycles. The molecule has 0 bridgehead atoms. The van der Waals surface area contributed by atoms with Crippen molar-refractivity contribution < 1.29 is 15.0 Å². The number of aliphatic hydroxyl groups excluding tert-OH is 1. The van der Waals surface area contributed by atoms with Crippen molar-refractivity contribution in [2.45, 2.75) is 17.8 Å². The standard InChI is InChI=1S/2C2H2Cl4.CHCl3.CH2Cl2.CH2O2.CH4O/c3-1-2(4,5)6;3-1(4)2(5)6;2-1(3)4;2*2-1-3;1-2/h1H2;1-2H;1H;1H2;1H,(H,2,3);2H,1H3. The molecule has 24 heavy (non-hydrogen) atoms. The molecule has 0 rings (SSSR count). The Hall–Kier alpha value is 3.20. The van der Waals surface area contributed by atoms with Crippen molar-refractivity contribution in [3.63, 3.8) is 0 Å². The first-order valence-corrected chi connectivity index (χ1v) is 10.3. The van der Waals surface area contributed by atoms with Crippen molar-refractivity contribution in [1.29, 1.82) is 0 Å². The molecule has 3 nitrogen and oxygen atoms in total. The molecule has 0 amide bonds. The fraction of sp³-hybridized carbons (Fsp3) is 0.875. The molecule has 0 aliphatic carbocycles. The van der Waals surface area contributed by atoms with Gasteiger partial charge in [0.15, 0.2) is 4.30 Å². The minimum Gasteiger partial charge on any atom is -0.483 e. The van der Waals surface area contributed by atoms with Crippen LogP contribution in [0.25, 0.3) is 0 Å². The first-order valence-electron chi connectivity index (χ1n) is 4.52. The molecule has 0 fully saturated rings. The highest BCUT2D eigenvalue weighted by Crippen LogP contribution is 2.26. The fourth-order valence-electron chi connectivity index (χ4n) is 0. The SMILES string of the molecule is CO.ClC(Cl)C(Cl)Cl.ClC(Cl)Cl.ClCC(Cl)(Cl)Cl.ClCCl.O=CO. The monoisotopic (exact) mass is 612 g/mol. The Bertz CT molecular complexity index is 180. The highest BCUT2D eigenvalue weighted by molar-refractivity contribution is 6.69. The Morgan fingerprint density at radius 3 is 0.917 bits per heavy atom. The van der Waals surface area contributed by atoms with Gasteiger partial charge >= 0.3 is 0 Å². The lowest BCUT2D eigenvalue weighted by Gasteiger charge is -2.00. The largest absolute Gasteiger partial charge is 0.483 e. The van der Waals surface area contributed by atoms with E-state index in [0.29, 0.717) is 0 Å². The Balaban J connectivity index is -0.0000000424. The van der Waals surface area contributed by atoms with E-state index in [4.69, 9.17) is 166 Å². The number of carbonyl (C=O) groups is 1. The predicted octanol–water partition coefficient (Wildman–Crippen LogP) is 7.91. The molecule has 154 valence electrons. The summed E-state index contributed by atoms with van der Waals surface area (Å²) in [5, 5.41) is 14.1. The topological polar surface area (TPSA) is 57.5 Å². The molecule has 0 radical (unpaired) electrons. The number of hydrogen-bond donors (Lipinski definition) is 2. The van der Waals surface area contributed by atoms with Gasteiger partial charge in [-0.1, -0.05) is 69.6 Å². The summed E-state index contributed by atoms with van der Waals surface area (Å²) in [6, 6.07) is 0. The molecular weight excluding hydrogens is 605 g/mol. The Morgan fingerprint density at radius 2 is 0.917 bits per heavy atom. The van der Waals surface area contributed by atoms with Crippen LogP contribution in [0.15, 0.2) is 0 Å². The third kappa shape index (κ3) is 142. The zero-order valence-corrected chi connectivity index (χ0v) is 21.3. The third-order valence-corrected chi connectivity index (χ3v) is 3.08. The molecule has 0 atom stereocenters. The second kappa shape index (κ2) is 37.0. The number of carboxylic acid groups (broad SMARTS) is 1. The average Bonchev–Trinajstić information content (AvgIpc) is 2.42. The second-order valence-corrected chi connectivity index (χ2v) is 9.77. The van der Waals surface area contributed by atoms with E-state index in [-0.39, 0.29) is 17.7 Å². The lowest BCUT2D eigenvalue weighted by atomic mass is 10.9. The van der Waals surface area contributed by atoms with Gasteiger partial charge in [0.2, 0.25) is 3.79 Å². The Morgan fingerprint density at radius 1 is 0.833 bits per heavy atom. The average molecular weight is 618 g/mol. The summed E-state index contributed by atoms with van der Waals surface area (Å²) in [4.78, 5) is 7.02. The summed E-state index contributed by atoms with van der Waals surface area (Å²) in [5.74, 6) is 0.0394. The molecule has 0 saturated carbocycles. The molecule has 2 N–H and O–H groups in total. The maximum atomic E-state index is 8.36. The second-order valence-electron chi connectivity index (χ2n) is 1.87. The van der Waals surface area contributed by atoms with Crippen LogP contribution in [0.2, 0.25) is 0 Å². The zero-order valence-electron chi connectivity index (χ0n) is 11.4. The van der Waals surface area contributed by atoms with E-state index >= 15 is 0 Å². The van der Waals surface area contributed by atoms with Gasteiger partial charge in [-0.05, 0) is 0 Å². The Labute approximate surface area is 206 Å². The normalized spacial score (nSPS) is 8.75. The molecule has 16 heteroatoms. The quantitative estimate of drug-likeness (QED) is 0.232. The van der Waals surface area contributed by atoms with Crippen molar-refractivity contribution in [3.8, 4) is 0 Å². The molecule has 0 heterocycles. The van der Waals surface area contributed by atoms with Gasteiger partial charge in [0, 0.05) is 7.11 Å². The number of halogens is 13. The minimum absolute atomic E-state index is 0.0394. The van der Waals surface area contributed by atoms with Gasteiger partial charge < -0.3 is 10.2 Å². The van der Waals surface area contributed by atoms with Crippen molar-refractivity contribution >= 4 is 157 Å². The highest BCUT2D eigenvalue weighted by Gasteiger charge is 2.16. The third-order valence-electron chi connectivity index (χ3n) is 0.342. The van der Waals surface area contributed by atoms with Crippen LogP contribution in [0.5, 0.6) is 0 Å². The van der Waals surface area contributed by atoms with E-state index < -0.39 is 17.8 Å². The van der Waals surface area contributed by atoms with E-state index in [9.17, 15) is 0 Å². The van der Waals surface area contributed by atoms with Crippen LogP contribution in [0.4, 0.5) is 0 Å². The van der Waals surface area contributed by atoms with Gasteiger partial charge in [0.25, 0.3) is 6.47 Å². The maximum absolute atomic E-state index is 8.36. The smallest absolute Gasteiger partial charge is 0.290 e. The van der Waals surface area contributed by atoms with Crippen LogP contribution in [-0.4, -0.2) is 52.8 Å². The number of rotatable bonds is 1. The zero-order chi connectivity index (χ0) is 21.4. The summed E-state index contributed by atoms with van der Waals surface area (Å²) in [6.07, 6.45) is 0. The summed E-state index contributed by atoms with van der Waals surface area (Å²) in [7, 11) is 1.00. The minimum atomic E-state index is -1.28. The van der Waals surface area contributed by atoms with Crippen molar-refractivity contribution in [3.05, 3.63) is 0 Å². The molecule has 0 spiro atoms. The van der Waals surface area contributed by atoms with Gasteiger partial charge in [-0.15, -0.1) is 81.2 Å². The lowest BCUT2D eigenvalue weighted by molar-refractivity contribution is -0.122.